The van der Waals surface area contributed by atoms with Crippen LogP contribution in [0.3, 0.4) is 0 Å². The first-order chi connectivity index (χ1) is 27.6. The average Bonchev–Trinajstić information content (AvgIpc) is 3.53. The van der Waals surface area contributed by atoms with Gasteiger partial charge in [0.1, 0.15) is 48.4 Å². The Morgan fingerprint density at radius 1 is 0.279 bits per heavy atom. The van der Waals surface area contributed by atoms with Gasteiger partial charge in [0.2, 0.25) is 0 Å². The maximum Gasteiger partial charge on any atom is 0.129 e. The van der Waals surface area contributed by atoms with Crippen LogP contribution in [0.4, 0.5) is 0 Å². The summed E-state index contributed by atoms with van der Waals surface area (Å²) < 4.78 is 0. The molecule has 3 aliphatic rings. The Morgan fingerprint density at radius 3 is 0.525 bits per heavy atom. The molecule has 0 heterocycles. The molecule has 0 N–H and O–H groups in total. The molecular weight excluding hydrogens is 829 g/mol. The summed E-state index contributed by atoms with van der Waals surface area (Å²) in [5, 5.41) is 0. The fourth-order valence-corrected chi connectivity index (χ4v) is 12.7. The molecule has 3 aromatic carbocycles. The van der Waals surface area contributed by atoms with E-state index in [1.165, 1.54) is 33.4 Å². The van der Waals surface area contributed by atoms with Gasteiger partial charge in [-0.2, -0.15) is 0 Å². The molecule has 0 bridgehead atoms. The van der Waals surface area contributed by atoms with Gasteiger partial charge in [-0.1, -0.05) is 174 Å². The van der Waals surface area contributed by atoms with Crippen molar-refractivity contribution in [1.82, 2.24) is 0 Å². The molecule has 6 rings (SSSR count). The molecule has 3 aliphatic carbocycles. The van der Waals surface area contributed by atoms with Crippen LogP contribution >= 0.6 is 0 Å². The van der Waals surface area contributed by atoms with E-state index in [2.05, 4.69) is 244 Å². The summed E-state index contributed by atoms with van der Waals surface area (Å²) >= 11 is 0. The predicted octanol–water partition coefficient (Wildman–Crippen LogP) is 12.9. The molecule has 314 valence electrons. The Morgan fingerprint density at radius 2 is 0.410 bits per heavy atom. The van der Waals surface area contributed by atoms with Gasteiger partial charge in [-0.25, -0.2) is 0 Å². The van der Waals surface area contributed by atoms with Crippen LogP contribution in [0.2, 0.25) is 118 Å². The highest BCUT2D eigenvalue weighted by Gasteiger charge is 2.73. The second-order valence-electron chi connectivity index (χ2n) is 24.9. The molecule has 3 aromatic rings. The van der Waals surface area contributed by atoms with Gasteiger partial charge in [-0.3, -0.25) is 0 Å². The summed E-state index contributed by atoms with van der Waals surface area (Å²) in [6.07, 6.45) is 0. The molecular formula is C55H70Si6. The smallest absolute Gasteiger partial charge is 0.127 e. The van der Waals surface area contributed by atoms with E-state index in [4.69, 9.17) is 0 Å². The molecule has 0 saturated carbocycles. The molecule has 0 nitrogen and oxygen atoms in total. The molecule has 0 aliphatic heterocycles. The number of rotatable bonds is 0. The van der Waals surface area contributed by atoms with Gasteiger partial charge in [0.15, 0.2) is 0 Å². The second kappa shape index (κ2) is 15.0. The van der Waals surface area contributed by atoms with E-state index in [0.29, 0.717) is 0 Å². The number of benzene rings is 3. The van der Waals surface area contributed by atoms with Crippen LogP contribution in [0.5, 0.6) is 0 Å². The van der Waals surface area contributed by atoms with Crippen LogP contribution in [-0.2, 0) is 16.2 Å². The molecule has 0 atom stereocenters. The third-order valence-electron chi connectivity index (χ3n) is 12.0. The maximum atomic E-state index is 3.75. The molecule has 0 unspecified atom stereocenters. The van der Waals surface area contributed by atoms with Gasteiger partial charge in [0, 0.05) is 49.6 Å². The summed E-state index contributed by atoms with van der Waals surface area (Å²) in [5.41, 5.74) is 36.2. The number of fused-ring (bicyclic) bond motifs is 9. The maximum absolute atomic E-state index is 3.75. The van der Waals surface area contributed by atoms with Crippen LogP contribution in [-0.4, -0.2) is 48.4 Å². The van der Waals surface area contributed by atoms with Crippen LogP contribution < -0.4 is 0 Å². The SMILES string of the molecule is CC12c3cc(C#C[Si](C)(C)C)c(C#C[Si](C)(C)C)cc3C3(C)c4cc(C#C[Si](C)(C)C)c(C#C[Si](C)(C)C)cc4C(C)(c4cc(C#C[Si](C)(C)C)c(C#C[Si](C)(C)C)cc41)C23. The van der Waals surface area contributed by atoms with E-state index in [9.17, 15) is 0 Å². The van der Waals surface area contributed by atoms with Crippen molar-refractivity contribution in [1.29, 1.82) is 0 Å². The Bertz CT molecular complexity index is 2290. The van der Waals surface area contributed by atoms with Crippen LogP contribution in [0.15, 0.2) is 36.4 Å². The highest BCUT2D eigenvalue weighted by Crippen LogP contribution is 2.76. The standard InChI is InChI=1S/C55H70Si6/c1-53-46-34-40(22-28-56(4,5)6)42(24-30-58(10,11)12)36-48(46)54(2)50-38-44(26-32-60(16,17)18)45(27-33-61(19,20)21)39-51(50)55(3,52(53)54)49-37-43(25-31-59(13,14)15)41(35-47(49)53)23-29-57(7,8)9/h34-39,52H,1-21H3. The van der Waals surface area contributed by atoms with E-state index < -0.39 is 48.4 Å². The van der Waals surface area contributed by atoms with Crippen molar-refractivity contribution >= 4 is 48.4 Å². The Labute approximate surface area is 378 Å². The fourth-order valence-electron chi connectivity index (χ4n) is 9.63. The lowest BCUT2D eigenvalue weighted by Crippen LogP contribution is -2.39. The topological polar surface area (TPSA) is 0 Å². The van der Waals surface area contributed by atoms with Gasteiger partial charge in [-0.05, 0) is 75.7 Å². The lowest BCUT2D eigenvalue weighted by atomic mass is 9.64. The van der Waals surface area contributed by atoms with Gasteiger partial charge in [-0.15, -0.1) is 33.3 Å². The molecule has 0 aromatic heterocycles. The van der Waals surface area contributed by atoms with E-state index in [1.54, 1.807) is 0 Å². The Balaban J connectivity index is 1.85. The summed E-state index contributed by atoms with van der Waals surface area (Å²) in [6.45, 7) is 49.6. The van der Waals surface area contributed by atoms with Crippen molar-refractivity contribution in [3.8, 4) is 68.8 Å². The normalized spacial score (nSPS) is 22.1. The third-order valence-corrected chi connectivity index (χ3v) is 17.2. The highest BCUT2D eigenvalue weighted by atomic mass is 28.3. The highest BCUT2D eigenvalue weighted by molar-refractivity contribution is 6.85. The zero-order chi connectivity index (χ0) is 45.7. The van der Waals surface area contributed by atoms with Crippen molar-refractivity contribution in [3.05, 3.63) is 103 Å². The third kappa shape index (κ3) is 9.21. The lowest BCUT2D eigenvalue weighted by Gasteiger charge is -2.37. The van der Waals surface area contributed by atoms with E-state index >= 15 is 0 Å². The van der Waals surface area contributed by atoms with Crippen molar-refractivity contribution in [2.24, 2.45) is 5.92 Å². The number of hydrogen-bond donors (Lipinski definition) is 0. The molecule has 0 fully saturated rings. The van der Waals surface area contributed by atoms with Crippen LogP contribution in [0.25, 0.3) is 0 Å². The first kappa shape index (κ1) is 46.8. The summed E-state index contributed by atoms with van der Waals surface area (Å²) in [6, 6.07) is 14.8. The Hall–Kier alpha value is -3.68. The van der Waals surface area contributed by atoms with Gasteiger partial charge in [0.25, 0.3) is 0 Å². The van der Waals surface area contributed by atoms with E-state index in [-0.39, 0.29) is 22.2 Å². The fraction of sp³-hybridized carbons (Fsp3) is 0.455. The minimum atomic E-state index is -1.69. The molecule has 61 heavy (non-hydrogen) atoms. The summed E-state index contributed by atoms with van der Waals surface area (Å²) in [5.74, 6) is 22.7. The molecule has 0 spiro atoms. The van der Waals surface area contributed by atoms with Crippen LogP contribution in [0, 0.1) is 74.7 Å². The van der Waals surface area contributed by atoms with Crippen molar-refractivity contribution in [3.63, 3.8) is 0 Å². The zero-order valence-electron chi connectivity index (χ0n) is 41.5. The van der Waals surface area contributed by atoms with Crippen molar-refractivity contribution < 1.29 is 0 Å². The lowest BCUT2D eigenvalue weighted by molar-refractivity contribution is 0.245. The summed E-state index contributed by atoms with van der Waals surface area (Å²) in [7, 11) is -10.2. The van der Waals surface area contributed by atoms with Gasteiger partial charge >= 0.3 is 0 Å². The summed E-state index contributed by atoms with van der Waals surface area (Å²) in [4.78, 5) is 0. The van der Waals surface area contributed by atoms with E-state index in [0.717, 1.165) is 33.4 Å². The number of hydrogen-bond acceptors (Lipinski definition) is 0. The van der Waals surface area contributed by atoms with Crippen molar-refractivity contribution in [2.75, 3.05) is 0 Å². The predicted molar refractivity (Wildman–Crippen MR) is 284 cm³/mol. The monoisotopic (exact) mass is 898 g/mol. The minimum absolute atomic E-state index is 0.196. The molecule has 0 amide bonds. The first-order valence-electron chi connectivity index (χ1n) is 22.3. The zero-order valence-corrected chi connectivity index (χ0v) is 47.5. The van der Waals surface area contributed by atoms with Gasteiger partial charge in [0.05, 0.1) is 0 Å². The molecule has 6 heteroatoms. The van der Waals surface area contributed by atoms with Crippen molar-refractivity contribution in [2.45, 2.75) is 155 Å². The second-order valence-corrected chi connectivity index (χ2v) is 53.4. The Kier molecular flexibility index (Phi) is 11.5. The largest absolute Gasteiger partial charge is 0.129 e. The quantitative estimate of drug-likeness (QED) is 0.156. The van der Waals surface area contributed by atoms with Gasteiger partial charge < -0.3 is 0 Å². The average molecular weight is 900 g/mol. The van der Waals surface area contributed by atoms with E-state index in [1.807, 2.05) is 0 Å². The first-order valence-corrected chi connectivity index (χ1v) is 43.3. The molecule has 0 saturated heterocycles. The van der Waals surface area contributed by atoms with Crippen LogP contribution in [0.1, 0.15) is 87.5 Å². The molecule has 0 radical (unpaired) electrons. The minimum Gasteiger partial charge on any atom is -0.127 e.